The predicted octanol–water partition coefficient (Wildman–Crippen LogP) is 4.54. The molecule has 4 rings (SSSR count). The van der Waals surface area contributed by atoms with Gasteiger partial charge in [-0.05, 0) is 24.3 Å². The molecule has 0 spiro atoms. The van der Waals surface area contributed by atoms with Gasteiger partial charge >= 0.3 is 0 Å². The molecule has 0 saturated heterocycles. The van der Waals surface area contributed by atoms with Gasteiger partial charge in [-0.2, -0.15) is 5.10 Å². The van der Waals surface area contributed by atoms with E-state index in [2.05, 4.69) is 31.4 Å². The first kappa shape index (κ1) is 21.1. The Morgan fingerprint density at radius 1 is 1.19 bits per heavy atom. The van der Waals surface area contributed by atoms with Crippen LogP contribution in [-0.4, -0.2) is 35.7 Å². The summed E-state index contributed by atoms with van der Waals surface area (Å²) >= 11 is 4.94. The second-order valence-electron chi connectivity index (χ2n) is 6.56. The van der Waals surface area contributed by atoms with Crippen molar-refractivity contribution in [1.29, 1.82) is 0 Å². The second kappa shape index (κ2) is 9.32. The SMILES string of the molecule is COc1cccc(OC)c1/C=N/NC(=O)Cc1csc2nc(-c3ccc(Br)cc3)cn12. The molecule has 0 radical (unpaired) electrons. The molecule has 4 aromatic rings. The summed E-state index contributed by atoms with van der Waals surface area (Å²) in [4.78, 5) is 17.9. The monoisotopic (exact) mass is 498 g/mol. The number of carbonyl (C=O) groups excluding carboxylic acids is 1. The van der Waals surface area contributed by atoms with Crippen molar-refractivity contribution in [1.82, 2.24) is 14.8 Å². The van der Waals surface area contributed by atoms with Crippen LogP contribution in [0.3, 0.4) is 0 Å². The number of nitrogens with zero attached hydrogens (tertiary/aromatic N) is 3. The lowest BCUT2D eigenvalue weighted by atomic mass is 10.2. The number of hydrogen-bond acceptors (Lipinski definition) is 6. The van der Waals surface area contributed by atoms with Gasteiger partial charge in [-0.1, -0.05) is 34.1 Å². The molecule has 0 bridgehead atoms. The lowest BCUT2D eigenvalue weighted by Crippen LogP contribution is -2.20. The van der Waals surface area contributed by atoms with Gasteiger partial charge in [0.05, 0.1) is 38.1 Å². The van der Waals surface area contributed by atoms with Crippen molar-refractivity contribution < 1.29 is 14.3 Å². The molecule has 2 aromatic heterocycles. The standard InChI is InChI=1S/C22H19BrN4O3S/c1-29-19-4-3-5-20(30-2)17(19)11-24-26-21(28)10-16-13-31-22-25-18(12-27(16)22)14-6-8-15(23)9-7-14/h3-9,11-13H,10H2,1-2H3,(H,26,28)/b24-11+. The summed E-state index contributed by atoms with van der Waals surface area (Å²) in [7, 11) is 3.14. The Morgan fingerprint density at radius 3 is 2.58 bits per heavy atom. The molecule has 0 unspecified atom stereocenters. The molecule has 0 aliphatic carbocycles. The summed E-state index contributed by atoms with van der Waals surface area (Å²) in [5.74, 6) is 0.982. The van der Waals surface area contributed by atoms with Crippen LogP contribution in [0.25, 0.3) is 16.2 Å². The van der Waals surface area contributed by atoms with E-state index in [1.165, 1.54) is 17.6 Å². The van der Waals surface area contributed by atoms with E-state index in [-0.39, 0.29) is 12.3 Å². The molecule has 9 heteroatoms. The first-order valence-corrected chi connectivity index (χ1v) is 11.0. The number of rotatable bonds is 7. The maximum absolute atomic E-state index is 12.4. The highest BCUT2D eigenvalue weighted by atomic mass is 79.9. The van der Waals surface area contributed by atoms with Crippen molar-refractivity contribution in [3.8, 4) is 22.8 Å². The second-order valence-corrected chi connectivity index (χ2v) is 8.31. The molecule has 0 saturated carbocycles. The highest BCUT2D eigenvalue weighted by Crippen LogP contribution is 2.27. The quantitative estimate of drug-likeness (QED) is 0.299. The normalized spacial score (nSPS) is 11.2. The van der Waals surface area contributed by atoms with Gasteiger partial charge in [0, 0.05) is 27.3 Å². The number of halogens is 1. The summed E-state index contributed by atoms with van der Waals surface area (Å²) in [5.41, 5.74) is 5.95. The minimum absolute atomic E-state index is 0.177. The molecule has 158 valence electrons. The number of hydrogen-bond donors (Lipinski definition) is 1. The molecule has 1 N–H and O–H groups in total. The van der Waals surface area contributed by atoms with Crippen LogP contribution in [0, 0.1) is 0 Å². The lowest BCUT2D eigenvalue weighted by Gasteiger charge is -2.09. The maximum Gasteiger partial charge on any atom is 0.246 e. The Bertz CT molecular complexity index is 1230. The fraction of sp³-hybridized carbons (Fsp3) is 0.136. The molecule has 2 aromatic carbocycles. The van der Waals surface area contributed by atoms with Crippen LogP contribution in [0.15, 0.2) is 63.6 Å². The van der Waals surface area contributed by atoms with E-state index in [4.69, 9.17) is 9.47 Å². The number of hydrazone groups is 1. The van der Waals surface area contributed by atoms with Gasteiger partial charge in [0.1, 0.15) is 11.5 Å². The van der Waals surface area contributed by atoms with Crippen molar-refractivity contribution in [3.63, 3.8) is 0 Å². The minimum Gasteiger partial charge on any atom is -0.496 e. The summed E-state index contributed by atoms with van der Waals surface area (Å²) in [6.07, 6.45) is 3.64. The number of thiazole rings is 1. The van der Waals surface area contributed by atoms with Gasteiger partial charge in [-0.25, -0.2) is 10.4 Å². The zero-order valence-corrected chi connectivity index (χ0v) is 19.2. The van der Waals surface area contributed by atoms with Crippen molar-refractivity contribution in [2.75, 3.05) is 14.2 Å². The number of imidazole rings is 1. The summed E-state index contributed by atoms with van der Waals surface area (Å²) in [5, 5.41) is 6.00. The van der Waals surface area contributed by atoms with Crippen molar-refractivity contribution in [2.24, 2.45) is 5.10 Å². The topological polar surface area (TPSA) is 77.2 Å². The van der Waals surface area contributed by atoms with E-state index < -0.39 is 0 Å². The Labute approximate surface area is 191 Å². The average molecular weight is 499 g/mol. The predicted molar refractivity (Wildman–Crippen MR) is 125 cm³/mol. The number of ether oxygens (including phenoxy) is 2. The fourth-order valence-corrected chi connectivity index (χ4v) is 4.23. The van der Waals surface area contributed by atoms with Crippen molar-refractivity contribution in [3.05, 3.63) is 69.8 Å². The molecule has 0 atom stereocenters. The molecular formula is C22H19BrN4O3S. The van der Waals surface area contributed by atoms with Gasteiger partial charge in [-0.3, -0.25) is 9.20 Å². The number of methoxy groups -OCH3 is 2. The van der Waals surface area contributed by atoms with Gasteiger partial charge in [0.2, 0.25) is 5.91 Å². The van der Waals surface area contributed by atoms with Gasteiger partial charge in [0.15, 0.2) is 4.96 Å². The maximum atomic E-state index is 12.4. The van der Waals surface area contributed by atoms with Crippen LogP contribution >= 0.6 is 27.3 Å². The first-order chi connectivity index (χ1) is 15.1. The van der Waals surface area contributed by atoms with Gasteiger partial charge < -0.3 is 9.47 Å². The number of nitrogens with one attached hydrogen (secondary N) is 1. The number of fused-ring (bicyclic) bond motifs is 1. The van der Waals surface area contributed by atoms with Crippen LogP contribution in [-0.2, 0) is 11.2 Å². The molecule has 2 heterocycles. The third-order valence-electron chi connectivity index (χ3n) is 4.61. The third-order valence-corrected chi connectivity index (χ3v) is 6.03. The zero-order chi connectivity index (χ0) is 21.8. The first-order valence-electron chi connectivity index (χ1n) is 9.33. The van der Waals surface area contributed by atoms with E-state index in [0.717, 1.165) is 26.4 Å². The summed E-state index contributed by atoms with van der Waals surface area (Å²) in [6.45, 7) is 0. The van der Waals surface area contributed by atoms with Crippen LogP contribution in [0.4, 0.5) is 0 Å². The lowest BCUT2D eigenvalue weighted by molar-refractivity contribution is -0.120. The Hall–Kier alpha value is -3.17. The molecule has 0 aliphatic rings. The molecular weight excluding hydrogens is 480 g/mol. The number of carbonyl (C=O) groups is 1. The van der Waals surface area contributed by atoms with E-state index in [0.29, 0.717) is 17.1 Å². The molecule has 0 fully saturated rings. The van der Waals surface area contributed by atoms with E-state index in [9.17, 15) is 4.79 Å². The molecule has 0 aliphatic heterocycles. The van der Waals surface area contributed by atoms with Gasteiger partial charge in [-0.15, -0.1) is 11.3 Å². The summed E-state index contributed by atoms with van der Waals surface area (Å²) in [6, 6.07) is 13.4. The Balaban J connectivity index is 1.47. The third kappa shape index (κ3) is 4.62. The van der Waals surface area contributed by atoms with Crippen LogP contribution in [0.5, 0.6) is 11.5 Å². The van der Waals surface area contributed by atoms with Crippen LogP contribution in [0.1, 0.15) is 11.3 Å². The van der Waals surface area contributed by atoms with Crippen molar-refractivity contribution in [2.45, 2.75) is 6.42 Å². The smallest absolute Gasteiger partial charge is 0.246 e. The molecule has 31 heavy (non-hydrogen) atoms. The van der Waals surface area contributed by atoms with Crippen LogP contribution < -0.4 is 14.9 Å². The zero-order valence-electron chi connectivity index (χ0n) is 16.8. The Kier molecular flexibility index (Phi) is 6.34. The Morgan fingerprint density at radius 2 is 1.90 bits per heavy atom. The number of aromatic nitrogens is 2. The molecule has 7 nitrogen and oxygen atoms in total. The summed E-state index contributed by atoms with van der Waals surface area (Å²) < 4.78 is 13.6. The van der Waals surface area contributed by atoms with E-state index in [1.54, 1.807) is 26.4 Å². The highest BCUT2D eigenvalue weighted by Gasteiger charge is 2.13. The largest absolute Gasteiger partial charge is 0.496 e. The molecule has 1 amide bonds. The van der Waals surface area contributed by atoms with Gasteiger partial charge in [0.25, 0.3) is 0 Å². The fourth-order valence-electron chi connectivity index (χ4n) is 3.10. The van der Waals surface area contributed by atoms with Crippen LogP contribution in [0.2, 0.25) is 0 Å². The highest BCUT2D eigenvalue weighted by molar-refractivity contribution is 9.10. The van der Waals surface area contributed by atoms with E-state index in [1.807, 2.05) is 46.3 Å². The van der Waals surface area contributed by atoms with E-state index >= 15 is 0 Å². The minimum atomic E-state index is -0.233. The number of benzene rings is 2. The van der Waals surface area contributed by atoms with Crippen molar-refractivity contribution >= 4 is 44.3 Å². The number of amides is 1. The average Bonchev–Trinajstić information content (AvgIpc) is 3.36.